The topological polar surface area (TPSA) is 100 Å². The molecule has 1 aromatic heterocycles. The van der Waals surface area contributed by atoms with Crippen molar-refractivity contribution in [2.45, 2.75) is 87.5 Å². The van der Waals surface area contributed by atoms with Gasteiger partial charge in [0.1, 0.15) is 22.8 Å². The van der Waals surface area contributed by atoms with Crippen LogP contribution in [0.15, 0.2) is 51.8 Å². The van der Waals surface area contributed by atoms with Gasteiger partial charge >= 0.3 is 5.63 Å². The normalized spacial score (nSPS) is 11.5. The summed E-state index contributed by atoms with van der Waals surface area (Å²) in [6.07, 6.45) is 5.88. The van der Waals surface area contributed by atoms with Crippen molar-refractivity contribution in [3.8, 4) is 11.5 Å². The number of rotatable bonds is 11. The molecular weight excluding hydrogens is 571 g/mol. The SMILES string of the molecule is CC.CO[N-]/C=C\CCC(C)c1cc(O)c(C(=O)C(C)C)c(=O)o1.Cc1cccc(OCCC(C)(C)C)c1.[Y]. The molecule has 0 aliphatic rings. The third-order valence-corrected chi connectivity index (χ3v) is 5.35. The van der Waals surface area contributed by atoms with Gasteiger partial charge in [0.15, 0.2) is 5.78 Å². The maximum atomic E-state index is 11.9. The van der Waals surface area contributed by atoms with Crippen molar-refractivity contribution in [1.82, 2.24) is 0 Å². The number of hydroxylamine groups is 1. The first kappa shape index (κ1) is 39.2. The van der Waals surface area contributed by atoms with Crippen molar-refractivity contribution >= 4 is 5.78 Å². The monoisotopic (exact) mass is 619 g/mol. The molecule has 1 aromatic carbocycles. The molecule has 0 amide bonds. The van der Waals surface area contributed by atoms with E-state index in [1.165, 1.54) is 18.7 Å². The van der Waals surface area contributed by atoms with Gasteiger partial charge in [0.2, 0.25) is 0 Å². The van der Waals surface area contributed by atoms with Crippen LogP contribution in [0.4, 0.5) is 0 Å². The molecule has 0 saturated heterocycles. The molecule has 7 nitrogen and oxygen atoms in total. The zero-order chi connectivity index (χ0) is 29.3. The first-order valence-corrected chi connectivity index (χ1v) is 13.3. The molecule has 0 spiro atoms. The zero-order valence-electron chi connectivity index (χ0n) is 25.5. The predicted octanol–water partition coefficient (Wildman–Crippen LogP) is 8.35. The second kappa shape index (κ2) is 20.9. The third-order valence-electron chi connectivity index (χ3n) is 5.35. The Kier molecular flexibility index (Phi) is 21.0. The molecule has 2 rings (SSSR count). The number of nitrogens with zero attached hydrogens (tertiary/aromatic N) is 1. The second-order valence-corrected chi connectivity index (χ2v) is 10.3. The van der Waals surface area contributed by atoms with Crippen molar-refractivity contribution in [2.24, 2.45) is 11.3 Å². The van der Waals surface area contributed by atoms with E-state index in [0.29, 0.717) is 24.0 Å². The van der Waals surface area contributed by atoms with Crippen LogP contribution in [0.2, 0.25) is 0 Å². The van der Waals surface area contributed by atoms with Crippen LogP contribution in [0.3, 0.4) is 0 Å². The second-order valence-electron chi connectivity index (χ2n) is 10.3. The Bertz CT molecular complexity index is 1040. The van der Waals surface area contributed by atoms with E-state index in [4.69, 9.17) is 9.15 Å². The molecule has 1 unspecified atom stereocenters. The van der Waals surface area contributed by atoms with Gasteiger partial charge < -0.3 is 24.6 Å². The molecule has 1 N–H and O–H groups in total. The Morgan fingerprint density at radius 1 is 1.15 bits per heavy atom. The Labute approximate surface area is 260 Å². The number of hydrogen-bond acceptors (Lipinski definition) is 6. The van der Waals surface area contributed by atoms with Crippen molar-refractivity contribution < 1.29 is 56.6 Å². The van der Waals surface area contributed by atoms with Crippen LogP contribution in [0.5, 0.6) is 11.5 Å². The summed E-state index contributed by atoms with van der Waals surface area (Å²) in [6.45, 7) is 18.8. The van der Waals surface area contributed by atoms with Crippen LogP contribution in [0, 0.1) is 18.3 Å². The number of carbonyl (C=O) groups is 1. The number of allylic oxidation sites excluding steroid dienone is 1. The predicted molar refractivity (Wildman–Crippen MR) is 155 cm³/mol. The Morgan fingerprint density at radius 2 is 1.79 bits per heavy atom. The summed E-state index contributed by atoms with van der Waals surface area (Å²) < 4.78 is 10.9. The van der Waals surface area contributed by atoms with Gasteiger partial charge in [-0.3, -0.25) is 4.79 Å². The minimum Gasteiger partial charge on any atom is -0.569 e. The van der Waals surface area contributed by atoms with Crippen LogP contribution in [0.1, 0.15) is 102 Å². The van der Waals surface area contributed by atoms with Gasteiger partial charge in [-0.25, -0.2) is 4.79 Å². The average Bonchev–Trinajstić information content (AvgIpc) is 2.84. The summed E-state index contributed by atoms with van der Waals surface area (Å²) in [6, 6.07) is 9.54. The molecule has 1 heterocycles. The first-order valence-electron chi connectivity index (χ1n) is 13.3. The summed E-state index contributed by atoms with van der Waals surface area (Å²) in [5.41, 5.74) is 4.13. The van der Waals surface area contributed by atoms with Gasteiger partial charge in [-0.1, -0.05) is 67.5 Å². The quantitative estimate of drug-likeness (QED) is 0.200. The molecule has 0 saturated carbocycles. The zero-order valence-corrected chi connectivity index (χ0v) is 28.4. The Balaban J connectivity index is 0. The number of carbonyl (C=O) groups excluding carboxylic acids is 1. The fraction of sp³-hybridized carbons (Fsp3) is 0.548. The van der Waals surface area contributed by atoms with Crippen molar-refractivity contribution in [2.75, 3.05) is 13.7 Å². The van der Waals surface area contributed by atoms with Gasteiger partial charge in [-0.05, 0) is 49.3 Å². The summed E-state index contributed by atoms with van der Waals surface area (Å²) in [5, 5.41) is 9.96. The van der Waals surface area contributed by atoms with Crippen LogP contribution < -0.4 is 10.4 Å². The maximum absolute atomic E-state index is 11.9. The van der Waals surface area contributed by atoms with Crippen molar-refractivity contribution in [3.63, 3.8) is 0 Å². The maximum Gasteiger partial charge on any atom is 0.350 e. The van der Waals surface area contributed by atoms with E-state index in [-0.39, 0.29) is 55.9 Å². The minimum absolute atomic E-state index is 0. The molecule has 0 aliphatic heterocycles. The standard InChI is InChI=1S/C16H22NO5.C13H20O.C2H6.Y/c1-10(2)15(19)14-12(18)9-13(22-16(14)20)11(3)7-5-6-8-17-21-4;1-11-6-5-7-12(10-11)14-9-8-13(2,3)4;1-2;/h6,8-11H,5,7H2,1-4H3,(H,18,19,20);5-7,10H,8-9H2,1-4H3;1-2H3;/q-1;;;/b8-6-;;;. The Hall–Kier alpha value is -1.96. The molecular formula is C31H48NO6Y-. The van der Waals surface area contributed by atoms with E-state index in [0.717, 1.165) is 18.8 Å². The fourth-order valence-electron chi connectivity index (χ4n) is 3.10. The molecule has 217 valence electrons. The number of benzene rings is 1. The van der Waals surface area contributed by atoms with Gasteiger partial charge in [0.25, 0.3) is 0 Å². The molecule has 0 fully saturated rings. The summed E-state index contributed by atoms with van der Waals surface area (Å²) in [4.78, 5) is 28.4. The van der Waals surface area contributed by atoms with E-state index < -0.39 is 11.4 Å². The number of hydrogen-bond donors (Lipinski definition) is 1. The van der Waals surface area contributed by atoms with Gasteiger partial charge in [-0.15, -0.1) is 6.08 Å². The Morgan fingerprint density at radius 3 is 2.31 bits per heavy atom. The van der Waals surface area contributed by atoms with Gasteiger partial charge in [-0.2, -0.15) is 6.20 Å². The number of aryl methyl sites for hydroxylation is 1. The van der Waals surface area contributed by atoms with Crippen molar-refractivity contribution in [3.05, 3.63) is 75.4 Å². The molecule has 8 heteroatoms. The van der Waals surface area contributed by atoms with Gasteiger partial charge in [0.05, 0.1) is 6.61 Å². The number of ketones is 1. The van der Waals surface area contributed by atoms with E-state index >= 15 is 0 Å². The number of aromatic hydroxyl groups is 1. The first-order chi connectivity index (χ1) is 17.9. The number of ether oxygens (including phenoxy) is 1. The van der Waals surface area contributed by atoms with Crippen LogP contribution in [0.25, 0.3) is 5.48 Å². The van der Waals surface area contributed by atoms with E-state index in [2.05, 4.69) is 50.1 Å². The smallest absolute Gasteiger partial charge is 0.350 e. The van der Waals surface area contributed by atoms with Gasteiger partial charge in [0, 0.05) is 57.7 Å². The van der Waals surface area contributed by atoms with E-state index in [1.54, 1.807) is 20.0 Å². The molecule has 1 radical (unpaired) electrons. The summed E-state index contributed by atoms with van der Waals surface area (Å²) in [7, 11) is 1.46. The molecule has 2 aromatic rings. The van der Waals surface area contributed by atoms with Crippen LogP contribution in [-0.2, 0) is 37.5 Å². The fourth-order valence-corrected chi connectivity index (χ4v) is 3.10. The van der Waals surface area contributed by atoms with E-state index in [1.807, 2.05) is 39.0 Å². The third kappa shape index (κ3) is 16.7. The summed E-state index contributed by atoms with van der Waals surface area (Å²) >= 11 is 0. The molecule has 0 bridgehead atoms. The summed E-state index contributed by atoms with van der Waals surface area (Å²) in [5.74, 6) is 0.145. The van der Waals surface area contributed by atoms with Crippen LogP contribution in [-0.4, -0.2) is 24.6 Å². The van der Waals surface area contributed by atoms with Crippen LogP contribution >= 0.6 is 0 Å². The van der Waals surface area contributed by atoms with E-state index in [9.17, 15) is 14.7 Å². The molecule has 1 atom stereocenters. The van der Waals surface area contributed by atoms with Crippen molar-refractivity contribution in [1.29, 1.82) is 0 Å². The average molecular weight is 620 g/mol. The molecule has 39 heavy (non-hydrogen) atoms. The molecule has 0 aliphatic carbocycles. The number of Topliss-reactive ketones (excluding diaryl/α,β-unsaturated/α-hetero) is 1. The largest absolute Gasteiger partial charge is 0.569 e. The minimum atomic E-state index is -0.787.